The van der Waals surface area contributed by atoms with E-state index in [2.05, 4.69) is 24.0 Å². The van der Waals surface area contributed by atoms with Gasteiger partial charge >= 0.3 is 5.97 Å². The summed E-state index contributed by atoms with van der Waals surface area (Å²) in [5.74, 6) is 0.425. The fourth-order valence-corrected chi connectivity index (χ4v) is 2.97. The average Bonchev–Trinajstić information content (AvgIpc) is 2.87. The van der Waals surface area contributed by atoms with Crippen LogP contribution in [0.4, 0.5) is 0 Å². The molecule has 3 rings (SSSR count). The van der Waals surface area contributed by atoms with E-state index in [1.807, 2.05) is 16.7 Å². The molecule has 0 aliphatic rings. The average molecular weight is 363 g/mol. The van der Waals surface area contributed by atoms with Crippen LogP contribution in [0.3, 0.4) is 0 Å². The third kappa shape index (κ3) is 3.25. The predicted molar refractivity (Wildman–Crippen MR) is 95.8 cm³/mol. The summed E-state index contributed by atoms with van der Waals surface area (Å²) in [6.07, 6.45) is 0.605. The first-order chi connectivity index (χ1) is 11.5. The molecule has 0 fully saturated rings. The van der Waals surface area contributed by atoms with Crippen molar-refractivity contribution in [1.82, 2.24) is 9.55 Å². The van der Waals surface area contributed by atoms with Gasteiger partial charge in [0.1, 0.15) is 12.4 Å². The molecule has 0 spiro atoms. The molecule has 0 aliphatic heterocycles. The van der Waals surface area contributed by atoms with Crippen molar-refractivity contribution in [1.29, 1.82) is 0 Å². The summed E-state index contributed by atoms with van der Waals surface area (Å²) in [6.45, 7) is 2.13. The van der Waals surface area contributed by atoms with Gasteiger partial charge in [-0.2, -0.15) is 0 Å². The van der Waals surface area contributed by atoms with Crippen LogP contribution in [-0.4, -0.2) is 22.6 Å². The van der Waals surface area contributed by atoms with Gasteiger partial charge in [0.15, 0.2) is 0 Å². The molecular weight excluding hydrogens is 347 g/mol. The molecule has 0 radical (unpaired) electrons. The number of rotatable bonds is 4. The standard InChI is InChI=1S/C18H16Cl2N2O2/c1-11-5-3-4-6-12(11)7-17-21-15-8-13(19)14(20)9-16(15)22(17)10-18(23)24-2/h3-6,8-9H,7,10H2,1-2H3. The highest BCUT2D eigenvalue weighted by Gasteiger charge is 2.16. The lowest BCUT2D eigenvalue weighted by molar-refractivity contribution is -0.141. The van der Waals surface area contributed by atoms with Crippen LogP contribution in [0.25, 0.3) is 11.0 Å². The molecule has 0 saturated heterocycles. The molecule has 0 saturated carbocycles. The van der Waals surface area contributed by atoms with E-state index in [9.17, 15) is 4.79 Å². The van der Waals surface area contributed by atoms with Crippen molar-refractivity contribution in [2.24, 2.45) is 0 Å². The minimum absolute atomic E-state index is 0.0756. The largest absolute Gasteiger partial charge is 0.468 e. The van der Waals surface area contributed by atoms with Crippen LogP contribution in [0, 0.1) is 6.92 Å². The molecule has 0 unspecified atom stereocenters. The fraction of sp³-hybridized carbons (Fsp3) is 0.222. The number of imidazole rings is 1. The second-order valence-electron chi connectivity index (χ2n) is 5.55. The smallest absolute Gasteiger partial charge is 0.325 e. The van der Waals surface area contributed by atoms with Gasteiger partial charge in [-0.1, -0.05) is 47.5 Å². The van der Waals surface area contributed by atoms with Gasteiger partial charge in [-0.3, -0.25) is 4.79 Å². The van der Waals surface area contributed by atoms with Gasteiger partial charge < -0.3 is 9.30 Å². The number of nitrogens with zero attached hydrogens (tertiary/aromatic N) is 2. The van der Waals surface area contributed by atoms with Gasteiger partial charge in [0.2, 0.25) is 0 Å². The van der Waals surface area contributed by atoms with Crippen molar-refractivity contribution in [3.63, 3.8) is 0 Å². The van der Waals surface area contributed by atoms with E-state index in [4.69, 9.17) is 27.9 Å². The Balaban J connectivity index is 2.13. The first kappa shape index (κ1) is 16.8. The van der Waals surface area contributed by atoms with E-state index in [0.29, 0.717) is 22.0 Å². The normalized spacial score (nSPS) is 11.0. The molecule has 0 atom stereocenters. The maximum atomic E-state index is 11.8. The van der Waals surface area contributed by atoms with Crippen LogP contribution < -0.4 is 0 Å². The van der Waals surface area contributed by atoms with Crippen LogP contribution in [-0.2, 0) is 22.5 Å². The molecule has 0 aliphatic carbocycles. The Morgan fingerprint density at radius 1 is 1.21 bits per heavy atom. The minimum Gasteiger partial charge on any atom is -0.468 e. The van der Waals surface area contributed by atoms with Crippen LogP contribution in [0.1, 0.15) is 17.0 Å². The number of benzene rings is 2. The third-order valence-corrected chi connectivity index (χ3v) is 4.72. The molecule has 2 aromatic carbocycles. The number of hydrogen-bond acceptors (Lipinski definition) is 3. The molecule has 3 aromatic rings. The third-order valence-electron chi connectivity index (χ3n) is 3.99. The first-order valence-electron chi connectivity index (χ1n) is 7.45. The lowest BCUT2D eigenvalue weighted by Gasteiger charge is -2.09. The Labute approximate surface area is 150 Å². The van der Waals surface area contributed by atoms with Gasteiger partial charge in [-0.15, -0.1) is 0 Å². The highest BCUT2D eigenvalue weighted by atomic mass is 35.5. The van der Waals surface area contributed by atoms with E-state index in [0.717, 1.165) is 16.9 Å². The maximum absolute atomic E-state index is 11.8. The summed E-state index contributed by atoms with van der Waals surface area (Å²) in [7, 11) is 1.37. The molecule has 4 nitrogen and oxygen atoms in total. The molecule has 1 aromatic heterocycles. The van der Waals surface area contributed by atoms with Crippen molar-refractivity contribution >= 4 is 40.2 Å². The summed E-state index contributed by atoms with van der Waals surface area (Å²) < 4.78 is 6.64. The quantitative estimate of drug-likeness (QED) is 0.645. The number of aryl methyl sites for hydroxylation is 1. The Morgan fingerprint density at radius 2 is 1.92 bits per heavy atom. The fourth-order valence-electron chi connectivity index (χ4n) is 2.65. The van der Waals surface area contributed by atoms with Gasteiger partial charge in [0.25, 0.3) is 0 Å². The monoisotopic (exact) mass is 362 g/mol. The summed E-state index contributed by atoms with van der Waals surface area (Å²) in [6, 6.07) is 11.5. The van der Waals surface area contributed by atoms with Gasteiger partial charge in [-0.25, -0.2) is 4.98 Å². The van der Waals surface area contributed by atoms with Gasteiger partial charge in [-0.05, 0) is 30.2 Å². The Kier molecular flexibility index (Phi) is 4.78. The zero-order chi connectivity index (χ0) is 17.3. The molecule has 0 bridgehead atoms. The maximum Gasteiger partial charge on any atom is 0.325 e. The number of halogens is 2. The number of fused-ring (bicyclic) bond motifs is 1. The molecule has 0 amide bonds. The number of esters is 1. The molecule has 124 valence electrons. The Bertz CT molecular complexity index is 919. The molecular formula is C18H16Cl2N2O2. The van der Waals surface area contributed by atoms with Crippen LogP contribution in [0.5, 0.6) is 0 Å². The second kappa shape index (κ2) is 6.83. The highest BCUT2D eigenvalue weighted by Crippen LogP contribution is 2.29. The topological polar surface area (TPSA) is 44.1 Å². The molecule has 6 heteroatoms. The van der Waals surface area contributed by atoms with Crippen LogP contribution in [0.15, 0.2) is 36.4 Å². The summed E-state index contributed by atoms with van der Waals surface area (Å²) >= 11 is 12.2. The lowest BCUT2D eigenvalue weighted by Crippen LogP contribution is -2.14. The number of aromatic nitrogens is 2. The van der Waals surface area contributed by atoms with E-state index in [1.165, 1.54) is 12.7 Å². The first-order valence-corrected chi connectivity index (χ1v) is 8.20. The zero-order valence-corrected chi connectivity index (χ0v) is 14.9. The number of carbonyl (C=O) groups is 1. The van der Waals surface area contributed by atoms with Gasteiger partial charge in [0.05, 0.1) is 28.2 Å². The van der Waals surface area contributed by atoms with Crippen molar-refractivity contribution in [3.05, 3.63) is 63.4 Å². The van der Waals surface area contributed by atoms with Gasteiger partial charge in [0, 0.05) is 6.42 Å². The number of hydrogen-bond donors (Lipinski definition) is 0. The molecule has 24 heavy (non-hydrogen) atoms. The zero-order valence-electron chi connectivity index (χ0n) is 13.3. The minimum atomic E-state index is -0.341. The number of ether oxygens (including phenoxy) is 1. The number of methoxy groups -OCH3 is 1. The molecule has 0 N–H and O–H groups in total. The van der Waals surface area contributed by atoms with Crippen molar-refractivity contribution in [3.8, 4) is 0 Å². The second-order valence-corrected chi connectivity index (χ2v) is 6.36. The summed E-state index contributed by atoms with van der Waals surface area (Å²) in [4.78, 5) is 16.5. The predicted octanol–water partition coefficient (Wildman–Crippen LogP) is 4.42. The van der Waals surface area contributed by atoms with E-state index in [-0.39, 0.29) is 12.5 Å². The van der Waals surface area contributed by atoms with E-state index in [1.54, 1.807) is 12.1 Å². The van der Waals surface area contributed by atoms with Crippen LogP contribution >= 0.6 is 23.2 Å². The summed E-state index contributed by atoms with van der Waals surface area (Å²) in [5.41, 5.74) is 3.79. The van der Waals surface area contributed by atoms with E-state index >= 15 is 0 Å². The Hall–Kier alpha value is -2.04. The van der Waals surface area contributed by atoms with E-state index < -0.39 is 0 Å². The van der Waals surface area contributed by atoms with Crippen LogP contribution in [0.2, 0.25) is 10.0 Å². The lowest BCUT2D eigenvalue weighted by atomic mass is 10.1. The Morgan fingerprint density at radius 3 is 2.62 bits per heavy atom. The van der Waals surface area contributed by atoms with Crippen molar-refractivity contribution in [2.75, 3.05) is 7.11 Å². The SMILES string of the molecule is COC(=O)Cn1c(Cc2ccccc2C)nc2cc(Cl)c(Cl)cc21. The molecule has 1 heterocycles. The summed E-state index contributed by atoms with van der Waals surface area (Å²) in [5, 5.41) is 0.868. The van der Waals surface area contributed by atoms with Crippen molar-refractivity contribution < 1.29 is 9.53 Å². The highest BCUT2D eigenvalue weighted by molar-refractivity contribution is 6.42. The number of carbonyl (C=O) groups excluding carboxylic acids is 1. The van der Waals surface area contributed by atoms with Crippen molar-refractivity contribution in [2.45, 2.75) is 19.9 Å².